The summed E-state index contributed by atoms with van der Waals surface area (Å²) in [6.45, 7) is 8.12. The van der Waals surface area contributed by atoms with Crippen molar-refractivity contribution in [2.24, 2.45) is 4.99 Å². The molecule has 1 saturated heterocycles. The Kier molecular flexibility index (Phi) is 10.6. The topological polar surface area (TPSA) is 87.1 Å². The molecule has 0 bridgehead atoms. The maximum atomic E-state index is 5.64. The van der Waals surface area contributed by atoms with E-state index in [1.165, 1.54) is 0 Å². The minimum atomic E-state index is 0. The van der Waals surface area contributed by atoms with Gasteiger partial charge in [-0.15, -0.1) is 24.0 Å². The summed E-state index contributed by atoms with van der Waals surface area (Å²) in [6, 6.07) is 7.59. The Morgan fingerprint density at radius 1 is 1.13 bits per heavy atom. The van der Waals surface area contributed by atoms with Crippen molar-refractivity contribution in [1.29, 1.82) is 0 Å². The summed E-state index contributed by atoms with van der Waals surface area (Å²) >= 11 is 0. The summed E-state index contributed by atoms with van der Waals surface area (Å²) in [5.74, 6) is 2.95. The van der Waals surface area contributed by atoms with E-state index in [9.17, 15) is 0 Å². The van der Waals surface area contributed by atoms with Gasteiger partial charge < -0.3 is 25.0 Å². The molecule has 0 amide bonds. The Balaban J connectivity index is 0.00000341. The van der Waals surface area contributed by atoms with E-state index in [1.807, 2.05) is 31.2 Å². The molecular weight excluding hydrogens is 509 g/mol. The first-order chi connectivity index (χ1) is 14.7. The third-order valence-corrected chi connectivity index (χ3v) is 4.88. The lowest BCUT2D eigenvalue weighted by Gasteiger charge is -2.34. The molecule has 31 heavy (non-hydrogen) atoms. The zero-order chi connectivity index (χ0) is 21.2. The van der Waals surface area contributed by atoms with Gasteiger partial charge in [-0.05, 0) is 25.1 Å². The highest BCUT2D eigenvalue weighted by molar-refractivity contribution is 14.0. The monoisotopic (exact) mass is 541 g/mol. The maximum absolute atomic E-state index is 5.64. The quantitative estimate of drug-likeness (QED) is 0.299. The Bertz CT molecular complexity index is 815. The van der Waals surface area contributed by atoms with Crippen molar-refractivity contribution in [1.82, 2.24) is 20.2 Å². The van der Waals surface area contributed by atoms with Crippen molar-refractivity contribution in [2.75, 3.05) is 70.2 Å². The van der Waals surface area contributed by atoms with Crippen molar-refractivity contribution < 1.29 is 9.47 Å². The third kappa shape index (κ3) is 7.39. The van der Waals surface area contributed by atoms with Crippen molar-refractivity contribution in [3.8, 4) is 11.5 Å². The number of halogens is 1. The summed E-state index contributed by atoms with van der Waals surface area (Å²) in [6.07, 6.45) is 3.58. The van der Waals surface area contributed by atoms with E-state index in [1.54, 1.807) is 26.6 Å². The Hall–Kier alpha value is -2.34. The van der Waals surface area contributed by atoms with Crippen LogP contribution in [0.15, 0.2) is 41.7 Å². The fourth-order valence-electron chi connectivity index (χ4n) is 3.30. The first-order valence-corrected chi connectivity index (χ1v) is 10.3. The number of anilines is 2. The number of ether oxygens (including phenoxy) is 2. The summed E-state index contributed by atoms with van der Waals surface area (Å²) < 4.78 is 11.0. The molecule has 0 unspecified atom stereocenters. The number of hydrogen-bond donors (Lipinski definition) is 2. The van der Waals surface area contributed by atoms with E-state index in [-0.39, 0.29) is 24.0 Å². The van der Waals surface area contributed by atoms with Gasteiger partial charge in [0.1, 0.15) is 0 Å². The molecule has 2 heterocycles. The van der Waals surface area contributed by atoms with E-state index in [2.05, 4.69) is 35.4 Å². The molecule has 1 aliphatic rings. The highest BCUT2D eigenvalue weighted by atomic mass is 127. The van der Waals surface area contributed by atoms with Crippen LogP contribution >= 0.6 is 24.0 Å². The predicted octanol–water partition coefficient (Wildman–Crippen LogP) is 2.31. The van der Waals surface area contributed by atoms with Crippen molar-refractivity contribution >= 4 is 41.6 Å². The van der Waals surface area contributed by atoms with Crippen LogP contribution in [0, 0.1) is 0 Å². The second kappa shape index (κ2) is 13.2. The molecule has 0 atom stereocenters. The maximum Gasteiger partial charge on any atom is 0.225 e. The van der Waals surface area contributed by atoms with Crippen LogP contribution in [0.1, 0.15) is 6.92 Å². The number of rotatable bonds is 8. The van der Waals surface area contributed by atoms with E-state index < -0.39 is 0 Å². The van der Waals surface area contributed by atoms with Gasteiger partial charge in [0.15, 0.2) is 17.5 Å². The lowest BCUT2D eigenvalue weighted by Crippen LogP contribution is -2.49. The molecule has 0 aliphatic carbocycles. The molecule has 10 heteroatoms. The number of guanidine groups is 1. The number of nitrogens with one attached hydrogen (secondary N) is 2. The van der Waals surface area contributed by atoms with Crippen LogP contribution in [0.5, 0.6) is 11.5 Å². The number of piperazine rings is 1. The molecule has 1 aromatic carbocycles. The van der Waals surface area contributed by atoms with Gasteiger partial charge in [-0.25, -0.2) is 9.97 Å². The van der Waals surface area contributed by atoms with Gasteiger partial charge in [0, 0.05) is 70.5 Å². The van der Waals surface area contributed by atoms with E-state index in [0.29, 0.717) is 18.1 Å². The number of hydrogen-bond acceptors (Lipinski definition) is 7. The Labute approximate surface area is 201 Å². The normalized spacial score (nSPS) is 14.5. The van der Waals surface area contributed by atoms with Gasteiger partial charge in [-0.2, -0.15) is 0 Å². The van der Waals surface area contributed by atoms with Crippen LogP contribution in [0.4, 0.5) is 11.6 Å². The molecule has 9 nitrogen and oxygen atoms in total. The average Bonchev–Trinajstić information content (AvgIpc) is 2.80. The number of aliphatic imine (C=N–C) groups is 1. The Morgan fingerprint density at radius 2 is 1.87 bits per heavy atom. The van der Waals surface area contributed by atoms with Crippen LogP contribution in [0.3, 0.4) is 0 Å². The minimum absolute atomic E-state index is 0. The van der Waals surface area contributed by atoms with Crippen LogP contribution < -0.4 is 25.0 Å². The van der Waals surface area contributed by atoms with E-state index in [4.69, 9.17) is 9.47 Å². The van der Waals surface area contributed by atoms with E-state index in [0.717, 1.165) is 56.9 Å². The van der Waals surface area contributed by atoms with Gasteiger partial charge in [-0.1, -0.05) is 0 Å². The van der Waals surface area contributed by atoms with E-state index >= 15 is 0 Å². The van der Waals surface area contributed by atoms with Gasteiger partial charge in [0.05, 0.1) is 13.7 Å². The van der Waals surface area contributed by atoms with Gasteiger partial charge in [0.25, 0.3) is 0 Å². The smallest absolute Gasteiger partial charge is 0.225 e. The van der Waals surface area contributed by atoms with Crippen LogP contribution in [0.2, 0.25) is 0 Å². The lowest BCUT2D eigenvalue weighted by atomic mass is 10.2. The highest BCUT2D eigenvalue weighted by Crippen LogP contribution is 2.30. The number of benzene rings is 1. The van der Waals surface area contributed by atoms with Gasteiger partial charge in [0.2, 0.25) is 5.95 Å². The van der Waals surface area contributed by atoms with Crippen molar-refractivity contribution in [2.45, 2.75) is 6.92 Å². The molecule has 0 spiro atoms. The summed E-state index contributed by atoms with van der Waals surface area (Å²) in [5, 5.41) is 6.68. The molecule has 2 aromatic rings. The standard InChI is InChI=1S/C21H31N7O2.HI/c1-4-30-19-16-17(6-7-18(19)29-3)26-20(22-2)23-10-11-27-12-14-28(15-13-27)21-24-8-5-9-25-21;/h5-9,16H,4,10-15H2,1-3H3,(H2,22,23,26);1H. The minimum Gasteiger partial charge on any atom is -0.493 e. The molecule has 1 fully saturated rings. The summed E-state index contributed by atoms with van der Waals surface area (Å²) in [5.41, 5.74) is 0.892. The van der Waals surface area contributed by atoms with Crippen molar-refractivity contribution in [3.05, 3.63) is 36.7 Å². The average molecular weight is 541 g/mol. The number of methoxy groups -OCH3 is 1. The summed E-state index contributed by atoms with van der Waals surface area (Å²) in [7, 11) is 3.40. The lowest BCUT2D eigenvalue weighted by molar-refractivity contribution is 0.260. The van der Waals surface area contributed by atoms with Crippen molar-refractivity contribution in [3.63, 3.8) is 0 Å². The largest absolute Gasteiger partial charge is 0.493 e. The zero-order valence-electron chi connectivity index (χ0n) is 18.4. The second-order valence-corrected chi connectivity index (χ2v) is 6.80. The SMILES string of the molecule is CCOc1cc(NC(=NC)NCCN2CCN(c3ncccn3)CC2)ccc1OC.I. The van der Waals surface area contributed by atoms with Gasteiger partial charge >= 0.3 is 0 Å². The highest BCUT2D eigenvalue weighted by Gasteiger charge is 2.18. The summed E-state index contributed by atoms with van der Waals surface area (Å²) in [4.78, 5) is 17.6. The second-order valence-electron chi connectivity index (χ2n) is 6.80. The first-order valence-electron chi connectivity index (χ1n) is 10.3. The van der Waals surface area contributed by atoms with Crippen LogP contribution in [0.25, 0.3) is 0 Å². The predicted molar refractivity (Wildman–Crippen MR) is 135 cm³/mol. The number of aromatic nitrogens is 2. The molecular formula is C21H32IN7O2. The van der Waals surface area contributed by atoms with Crippen LogP contribution in [-0.4, -0.2) is 80.9 Å². The molecule has 1 aliphatic heterocycles. The third-order valence-electron chi connectivity index (χ3n) is 4.88. The first kappa shape index (κ1) is 24.9. The van der Waals surface area contributed by atoms with Gasteiger partial charge in [-0.3, -0.25) is 9.89 Å². The molecule has 2 N–H and O–H groups in total. The molecule has 0 saturated carbocycles. The fourth-order valence-corrected chi connectivity index (χ4v) is 3.30. The molecule has 1 aromatic heterocycles. The number of nitrogens with zero attached hydrogens (tertiary/aromatic N) is 5. The molecule has 3 rings (SSSR count). The Morgan fingerprint density at radius 3 is 2.52 bits per heavy atom. The fraction of sp³-hybridized carbons (Fsp3) is 0.476. The molecule has 0 radical (unpaired) electrons. The van der Waals surface area contributed by atoms with Crippen LogP contribution in [-0.2, 0) is 0 Å². The zero-order valence-corrected chi connectivity index (χ0v) is 20.7. The molecule has 170 valence electrons.